The van der Waals surface area contributed by atoms with Gasteiger partial charge in [0.15, 0.2) is 0 Å². The van der Waals surface area contributed by atoms with Crippen molar-refractivity contribution in [3.63, 3.8) is 0 Å². The SMILES string of the molecule is CN(CCCCCNC1CC1)C1CCSC1. The largest absolute Gasteiger partial charge is 0.314 e. The summed E-state index contributed by atoms with van der Waals surface area (Å²) < 4.78 is 0. The van der Waals surface area contributed by atoms with Crippen LogP contribution in [0.1, 0.15) is 38.5 Å². The Hall–Kier alpha value is 0.270. The maximum Gasteiger partial charge on any atom is 0.0191 e. The second-order valence-corrected chi connectivity index (χ2v) is 6.44. The minimum absolute atomic E-state index is 0.870. The van der Waals surface area contributed by atoms with Crippen LogP contribution in [0.3, 0.4) is 0 Å². The Kier molecular flexibility index (Phi) is 5.46. The van der Waals surface area contributed by atoms with Crippen molar-refractivity contribution in [1.29, 1.82) is 0 Å². The van der Waals surface area contributed by atoms with Gasteiger partial charge in [0.2, 0.25) is 0 Å². The normalized spacial score (nSPS) is 25.5. The van der Waals surface area contributed by atoms with Crippen molar-refractivity contribution in [2.24, 2.45) is 0 Å². The summed E-state index contributed by atoms with van der Waals surface area (Å²) >= 11 is 2.12. The minimum Gasteiger partial charge on any atom is -0.314 e. The van der Waals surface area contributed by atoms with Crippen LogP contribution in [0.2, 0.25) is 0 Å². The summed E-state index contributed by atoms with van der Waals surface area (Å²) in [6.07, 6.45) is 8.38. The molecule has 2 nitrogen and oxygen atoms in total. The Labute approximate surface area is 105 Å². The summed E-state index contributed by atoms with van der Waals surface area (Å²) in [6.45, 7) is 2.54. The molecular weight excluding hydrogens is 216 g/mol. The molecule has 1 unspecified atom stereocenters. The molecule has 1 aliphatic heterocycles. The van der Waals surface area contributed by atoms with Gasteiger partial charge < -0.3 is 10.2 Å². The van der Waals surface area contributed by atoms with Gasteiger partial charge in [-0.2, -0.15) is 11.8 Å². The van der Waals surface area contributed by atoms with Gasteiger partial charge >= 0.3 is 0 Å². The second-order valence-electron chi connectivity index (χ2n) is 5.29. The summed E-state index contributed by atoms with van der Waals surface area (Å²) in [7, 11) is 2.30. The molecule has 94 valence electrons. The van der Waals surface area contributed by atoms with Crippen molar-refractivity contribution in [2.75, 3.05) is 31.6 Å². The van der Waals surface area contributed by atoms with Crippen LogP contribution in [-0.2, 0) is 0 Å². The molecule has 0 radical (unpaired) electrons. The zero-order valence-electron chi connectivity index (χ0n) is 10.6. The molecule has 0 spiro atoms. The van der Waals surface area contributed by atoms with Crippen LogP contribution >= 0.6 is 11.8 Å². The molecule has 2 rings (SSSR count). The lowest BCUT2D eigenvalue weighted by Crippen LogP contribution is -2.32. The fraction of sp³-hybridized carbons (Fsp3) is 1.00. The van der Waals surface area contributed by atoms with Crippen LogP contribution in [0.4, 0.5) is 0 Å². The number of unbranched alkanes of at least 4 members (excludes halogenated alkanes) is 2. The first kappa shape index (κ1) is 12.7. The van der Waals surface area contributed by atoms with Gasteiger partial charge in [0.05, 0.1) is 0 Å². The van der Waals surface area contributed by atoms with E-state index in [0.29, 0.717) is 0 Å². The summed E-state index contributed by atoms with van der Waals surface area (Å²) in [5.41, 5.74) is 0. The first-order valence-electron chi connectivity index (χ1n) is 6.87. The van der Waals surface area contributed by atoms with Crippen molar-refractivity contribution < 1.29 is 0 Å². The zero-order chi connectivity index (χ0) is 11.2. The van der Waals surface area contributed by atoms with Gasteiger partial charge in [0.25, 0.3) is 0 Å². The zero-order valence-corrected chi connectivity index (χ0v) is 11.4. The molecule has 3 heteroatoms. The predicted octanol–water partition coefficient (Wildman–Crippen LogP) is 2.35. The Morgan fingerprint density at radius 3 is 2.75 bits per heavy atom. The number of hydrogen-bond acceptors (Lipinski definition) is 3. The van der Waals surface area contributed by atoms with E-state index in [9.17, 15) is 0 Å². The fourth-order valence-electron chi connectivity index (χ4n) is 2.31. The lowest BCUT2D eigenvalue weighted by molar-refractivity contribution is 0.256. The summed E-state index contributed by atoms with van der Waals surface area (Å²) in [6, 6.07) is 1.76. The summed E-state index contributed by atoms with van der Waals surface area (Å²) in [5.74, 6) is 2.74. The van der Waals surface area contributed by atoms with Crippen molar-refractivity contribution in [3.8, 4) is 0 Å². The van der Waals surface area contributed by atoms with Gasteiger partial charge in [-0.25, -0.2) is 0 Å². The second kappa shape index (κ2) is 6.87. The standard InChI is InChI=1S/C13H26N2S/c1-15(13-7-10-16-11-13)9-4-2-3-8-14-12-5-6-12/h12-14H,2-11H2,1H3. The molecule has 1 saturated carbocycles. The monoisotopic (exact) mass is 242 g/mol. The molecule has 1 saturated heterocycles. The average molecular weight is 242 g/mol. The van der Waals surface area contributed by atoms with Crippen LogP contribution in [0.25, 0.3) is 0 Å². The van der Waals surface area contributed by atoms with E-state index < -0.39 is 0 Å². The van der Waals surface area contributed by atoms with Crippen LogP contribution in [0, 0.1) is 0 Å². The number of nitrogens with one attached hydrogen (secondary N) is 1. The van der Waals surface area contributed by atoms with Crippen LogP contribution in [-0.4, -0.2) is 48.6 Å². The van der Waals surface area contributed by atoms with Gasteiger partial charge in [-0.3, -0.25) is 0 Å². The number of thioether (sulfide) groups is 1. The van der Waals surface area contributed by atoms with E-state index in [-0.39, 0.29) is 0 Å². The molecule has 0 amide bonds. The molecule has 16 heavy (non-hydrogen) atoms. The van der Waals surface area contributed by atoms with E-state index >= 15 is 0 Å². The highest BCUT2D eigenvalue weighted by Gasteiger charge is 2.20. The molecular formula is C13H26N2S. The lowest BCUT2D eigenvalue weighted by Gasteiger charge is -2.23. The van der Waals surface area contributed by atoms with Gasteiger partial charge in [0, 0.05) is 17.8 Å². The Bertz CT molecular complexity index is 188. The molecule has 0 aromatic carbocycles. The van der Waals surface area contributed by atoms with Gasteiger partial charge in [0.1, 0.15) is 0 Å². The third-order valence-electron chi connectivity index (χ3n) is 3.73. The van der Waals surface area contributed by atoms with Crippen molar-refractivity contribution in [2.45, 2.75) is 50.6 Å². The van der Waals surface area contributed by atoms with Gasteiger partial charge in [-0.05, 0) is 58.0 Å². The molecule has 0 aromatic rings. The van der Waals surface area contributed by atoms with Crippen molar-refractivity contribution in [1.82, 2.24) is 10.2 Å². The Morgan fingerprint density at radius 2 is 2.06 bits per heavy atom. The van der Waals surface area contributed by atoms with Gasteiger partial charge in [-0.1, -0.05) is 6.42 Å². The van der Waals surface area contributed by atoms with Crippen LogP contribution in [0.15, 0.2) is 0 Å². The fourth-order valence-corrected chi connectivity index (χ4v) is 3.61. The maximum atomic E-state index is 3.58. The maximum absolute atomic E-state index is 3.58. The number of rotatable bonds is 8. The first-order valence-corrected chi connectivity index (χ1v) is 8.03. The highest BCUT2D eigenvalue weighted by molar-refractivity contribution is 7.99. The molecule has 1 N–H and O–H groups in total. The Morgan fingerprint density at radius 1 is 1.19 bits per heavy atom. The quantitative estimate of drug-likeness (QED) is 0.658. The number of hydrogen-bond donors (Lipinski definition) is 1. The summed E-state index contributed by atoms with van der Waals surface area (Å²) in [5, 5.41) is 3.58. The van der Waals surface area contributed by atoms with Crippen LogP contribution in [0.5, 0.6) is 0 Å². The molecule has 0 aromatic heterocycles. The summed E-state index contributed by atoms with van der Waals surface area (Å²) in [4.78, 5) is 2.58. The molecule has 1 atom stereocenters. The highest BCUT2D eigenvalue weighted by atomic mass is 32.2. The highest BCUT2D eigenvalue weighted by Crippen LogP contribution is 2.21. The van der Waals surface area contributed by atoms with E-state index in [4.69, 9.17) is 0 Å². The minimum atomic E-state index is 0.870. The van der Waals surface area contributed by atoms with Crippen LogP contribution < -0.4 is 5.32 Å². The molecule has 2 fully saturated rings. The predicted molar refractivity (Wildman–Crippen MR) is 73.2 cm³/mol. The molecule has 1 heterocycles. The van der Waals surface area contributed by atoms with Crippen molar-refractivity contribution in [3.05, 3.63) is 0 Å². The van der Waals surface area contributed by atoms with E-state index in [2.05, 4.69) is 29.0 Å². The third-order valence-corrected chi connectivity index (χ3v) is 4.87. The first-order chi connectivity index (χ1) is 7.86. The molecule has 0 bridgehead atoms. The van der Waals surface area contributed by atoms with E-state index in [1.165, 1.54) is 63.1 Å². The third kappa shape index (κ3) is 4.64. The average Bonchev–Trinajstić information content (AvgIpc) is 2.95. The smallest absolute Gasteiger partial charge is 0.0191 e. The van der Waals surface area contributed by atoms with E-state index in [1.807, 2.05) is 0 Å². The van der Waals surface area contributed by atoms with E-state index in [0.717, 1.165) is 12.1 Å². The Balaban J connectivity index is 1.40. The molecule has 1 aliphatic carbocycles. The van der Waals surface area contributed by atoms with Gasteiger partial charge in [-0.15, -0.1) is 0 Å². The molecule has 2 aliphatic rings. The lowest BCUT2D eigenvalue weighted by atomic mass is 10.2. The van der Waals surface area contributed by atoms with Crippen molar-refractivity contribution >= 4 is 11.8 Å². The number of nitrogens with zero attached hydrogens (tertiary/aromatic N) is 1. The van der Waals surface area contributed by atoms with E-state index in [1.54, 1.807) is 0 Å². The topological polar surface area (TPSA) is 15.3 Å².